The van der Waals surface area contributed by atoms with E-state index in [1.165, 1.54) is 0 Å². The number of hydrogen-bond donors (Lipinski definition) is 2. The van der Waals surface area contributed by atoms with Crippen molar-refractivity contribution in [1.82, 2.24) is 5.32 Å². The molecule has 0 saturated carbocycles. The highest BCUT2D eigenvalue weighted by atomic mass is 32.2. The summed E-state index contributed by atoms with van der Waals surface area (Å²) in [5.74, 6) is 5.86. The van der Waals surface area contributed by atoms with Crippen molar-refractivity contribution in [2.24, 2.45) is 0 Å². The maximum absolute atomic E-state index is 12.1. The van der Waals surface area contributed by atoms with Gasteiger partial charge in [-0.25, -0.2) is 0 Å². The average molecular weight is 307 g/mol. The SMILES string of the molecule is Cc1cc(C(=O)NC(C)CCS(C)=O)ccc1C#CCO. The van der Waals surface area contributed by atoms with Crippen LogP contribution in [0.25, 0.3) is 0 Å². The van der Waals surface area contributed by atoms with Crippen LogP contribution in [0.15, 0.2) is 18.2 Å². The van der Waals surface area contributed by atoms with Crippen molar-refractivity contribution in [2.75, 3.05) is 18.6 Å². The first-order valence-electron chi connectivity index (χ1n) is 6.75. The van der Waals surface area contributed by atoms with Crippen molar-refractivity contribution < 1.29 is 14.1 Å². The van der Waals surface area contributed by atoms with Gasteiger partial charge in [0, 0.05) is 40.0 Å². The van der Waals surface area contributed by atoms with Crippen LogP contribution in [0, 0.1) is 18.8 Å². The first-order valence-corrected chi connectivity index (χ1v) is 8.48. The van der Waals surface area contributed by atoms with Gasteiger partial charge in [0.2, 0.25) is 0 Å². The minimum absolute atomic E-state index is 0.0180. The summed E-state index contributed by atoms with van der Waals surface area (Å²) in [4.78, 5) is 12.1. The molecular weight excluding hydrogens is 286 g/mol. The summed E-state index contributed by atoms with van der Waals surface area (Å²) in [6, 6.07) is 5.25. The Morgan fingerprint density at radius 3 is 2.76 bits per heavy atom. The molecule has 1 aromatic rings. The standard InChI is InChI=1S/C16H21NO3S/c1-12-11-15(7-6-14(12)5-4-9-18)16(19)17-13(2)8-10-21(3)20/h6-7,11,13,18H,8-10H2,1-3H3,(H,17,19). The van der Waals surface area contributed by atoms with Gasteiger partial charge < -0.3 is 10.4 Å². The van der Waals surface area contributed by atoms with Crippen molar-refractivity contribution in [1.29, 1.82) is 0 Å². The third kappa shape index (κ3) is 6.11. The van der Waals surface area contributed by atoms with Gasteiger partial charge in [-0.15, -0.1) is 0 Å². The zero-order chi connectivity index (χ0) is 15.8. The molecule has 21 heavy (non-hydrogen) atoms. The Bertz CT molecular complexity index is 587. The summed E-state index contributed by atoms with van der Waals surface area (Å²) in [6.07, 6.45) is 2.35. The molecule has 4 nitrogen and oxygen atoms in total. The Morgan fingerprint density at radius 2 is 2.19 bits per heavy atom. The average Bonchev–Trinajstić information content (AvgIpc) is 2.43. The molecule has 0 spiro atoms. The van der Waals surface area contributed by atoms with E-state index in [0.717, 1.165) is 11.1 Å². The van der Waals surface area contributed by atoms with Crippen LogP contribution in [0.4, 0.5) is 0 Å². The number of carbonyl (C=O) groups is 1. The zero-order valence-corrected chi connectivity index (χ0v) is 13.4. The van der Waals surface area contributed by atoms with E-state index in [-0.39, 0.29) is 18.6 Å². The number of benzene rings is 1. The molecule has 2 unspecified atom stereocenters. The summed E-state index contributed by atoms with van der Waals surface area (Å²) in [6.45, 7) is 3.60. The van der Waals surface area contributed by atoms with Gasteiger partial charge in [0.1, 0.15) is 6.61 Å². The predicted octanol–water partition coefficient (Wildman–Crippen LogP) is 1.23. The van der Waals surface area contributed by atoms with E-state index in [9.17, 15) is 9.00 Å². The number of carbonyl (C=O) groups excluding carboxylic acids is 1. The van der Waals surface area contributed by atoms with E-state index >= 15 is 0 Å². The number of amides is 1. The number of aliphatic hydroxyl groups is 1. The molecule has 0 bridgehead atoms. The first-order chi connectivity index (χ1) is 9.93. The van der Waals surface area contributed by atoms with E-state index in [1.54, 1.807) is 24.5 Å². The molecule has 114 valence electrons. The number of hydrogen-bond acceptors (Lipinski definition) is 3. The molecule has 0 aliphatic heterocycles. The quantitative estimate of drug-likeness (QED) is 0.804. The number of aliphatic hydroxyl groups excluding tert-OH is 1. The molecular formula is C16H21NO3S. The van der Waals surface area contributed by atoms with Gasteiger partial charge in [0.05, 0.1) is 0 Å². The monoisotopic (exact) mass is 307 g/mol. The Labute approximate surface area is 128 Å². The van der Waals surface area contributed by atoms with E-state index in [1.807, 2.05) is 13.8 Å². The molecule has 1 aromatic carbocycles. The minimum atomic E-state index is -0.843. The maximum atomic E-state index is 12.1. The molecule has 1 amide bonds. The molecule has 2 N–H and O–H groups in total. The second-order valence-electron chi connectivity index (χ2n) is 4.93. The Morgan fingerprint density at radius 1 is 1.48 bits per heavy atom. The number of aryl methyl sites for hydroxylation is 1. The molecule has 0 saturated heterocycles. The van der Waals surface area contributed by atoms with Crippen molar-refractivity contribution in [3.8, 4) is 11.8 Å². The van der Waals surface area contributed by atoms with Crippen molar-refractivity contribution >= 4 is 16.7 Å². The Kier molecular flexibility index (Phi) is 7.13. The smallest absolute Gasteiger partial charge is 0.251 e. The van der Waals surface area contributed by atoms with Crippen LogP contribution in [-0.4, -0.2) is 39.9 Å². The van der Waals surface area contributed by atoms with Gasteiger partial charge in [0.25, 0.3) is 5.91 Å². The van der Waals surface area contributed by atoms with Gasteiger partial charge in [-0.2, -0.15) is 0 Å². The second kappa shape index (κ2) is 8.60. The molecule has 0 heterocycles. The van der Waals surface area contributed by atoms with E-state index in [4.69, 9.17) is 5.11 Å². The third-order valence-electron chi connectivity index (χ3n) is 3.01. The van der Waals surface area contributed by atoms with E-state index in [0.29, 0.717) is 17.7 Å². The molecule has 0 aromatic heterocycles. The second-order valence-corrected chi connectivity index (χ2v) is 6.48. The predicted molar refractivity (Wildman–Crippen MR) is 85.6 cm³/mol. The van der Waals surface area contributed by atoms with Crippen LogP contribution >= 0.6 is 0 Å². The molecule has 0 radical (unpaired) electrons. The largest absolute Gasteiger partial charge is 0.384 e. The molecule has 0 aliphatic carbocycles. The molecule has 0 fully saturated rings. The first kappa shape index (κ1) is 17.4. The zero-order valence-electron chi connectivity index (χ0n) is 12.6. The van der Waals surface area contributed by atoms with Gasteiger partial charge in [0.15, 0.2) is 0 Å². The highest BCUT2D eigenvalue weighted by Gasteiger charge is 2.11. The topological polar surface area (TPSA) is 66.4 Å². The Balaban J connectivity index is 2.70. The lowest BCUT2D eigenvalue weighted by Crippen LogP contribution is -2.33. The number of nitrogens with one attached hydrogen (secondary N) is 1. The molecule has 2 atom stereocenters. The fourth-order valence-electron chi connectivity index (χ4n) is 1.80. The Hall–Kier alpha value is -1.64. The normalized spacial score (nSPS) is 13.0. The van der Waals surface area contributed by atoms with Gasteiger partial charge in [-0.3, -0.25) is 9.00 Å². The summed E-state index contributed by atoms with van der Waals surface area (Å²) in [5.41, 5.74) is 2.27. The molecule has 1 rings (SSSR count). The van der Waals surface area contributed by atoms with Crippen LogP contribution < -0.4 is 5.32 Å². The summed E-state index contributed by atoms with van der Waals surface area (Å²) < 4.78 is 11.0. The highest BCUT2D eigenvalue weighted by molar-refractivity contribution is 7.84. The molecule has 0 aliphatic rings. The highest BCUT2D eigenvalue weighted by Crippen LogP contribution is 2.10. The fourth-order valence-corrected chi connectivity index (χ4v) is 2.49. The van der Waals surface area contributed by atoms with Crippen LogP contribution in [0.3, 0.4) is 0 Å². The van der Waals surface area contributed by atoms with Crippen LogP contribution in [0.5, 0.6) is 0 Å². The van der Waals surface area contributed by atoms with Gasteiger partial charge >= 0.3 is 0 Å². The van der Waals surface area contributed by atoms with Crippen LogP contribution in [-0.2, 0) is 10.8 Å². The maximum Gasteiger partial charge on any atom is 0.251 e. The summed E-state index contributed by atoms with van der Waals surface area (Å²) >= 11 is 0. The fraction of sp³-hybridized carbons (Fsp3) is 0.438. The lowest BCUT2D eigenvalue weighted by Gasteiger charge is -2.13. The molecule has 5 heteroatoms. The van der Waals surface area contributed by atoms with Crippen LogP contribution in [0.1, 0.15) is 34.8 Å². The van der Waals surface area contributed by atoms with E-state index in [2.05, 4.69) is 17.2 Å². The lowest BCUT2D eigenvalue weighted by molar-refractivity contribution is 0.0939. The van der Waals surface area contributed by atoms with Crippen LogP contribution in [0.2, 0.25) is 0 Å². The van der Waals surface area contributed by atoms with Gasteiger partial charge in [-0.1, -0.05) is 11.8 Å². The third-order valence-corrected chi connectivity index (χ3v) is 3.82. The van der Waals surface area contributed by atoms with Crippen molar-refractivity contribution in [3.05, 3.63) is 34.9 Å². The van der Waals surface area contributed by atoms with E-state index < -0.39 is 10.8 Å². The van der Waals surface area contributed by atoms with Gasteiger partial charge in [-0.05, 0) is 44.0 Å². The van der Waals surface area contributed by atoms with Crippen molar-refractivity contribution in [2.45, 2.75) is 26.3 Å². The number of rotatable bonds is 5. The summed E-state index contributed by atoms with van der Waals surface area (Å²) in [7, 11) is -0.843. The van der Waals surface area contributed by atoms with Crippen molar-refractivity contribution in [3.63, 3.8) is 0 Å². The lowest BCUT2D eigenvalue weighted by atomic mass is 10.0. The minimum Gasteiger partial charge on any atom is -0.384 e. The summed E-state index contributed by atoms with van der Waals surface area (Å²) in [5, 5.41) is 11.6.